The summed E-state index contributed by atoms with van der Waals surface area (Å²) in [7, 11) is 0. The van der Waals surface area contributed by atoms with Crippen molar-refractivity contribution in [1.29, 1.82) is 0 Å². The average Bonchev–Trinajstić information content (AvgIpc) is 2.79. The zero-order chi connectivity index (χ0) is 20.9. The fraction of sp³-hybridized carbons (Fsp3) is 0.292. The van der Waals surface area contributed by atoms with Crippen molar-refractivity contribution in [2.45, 2.75) is 26.3 Å². The molecule has 6 heteroatoms. The maximum absolute atomic E-state index is 12.7. The SMILES string of the molecule is Cc1ccccc1-c1ccc(N2CCC[C@@H](C(=O)NCc3ccccc3Cl)C2)nn1. The van der Waals surface area contributed by atoms with Gasteiger partial charge in [0.1, 0.15) is 0 Å². The Bertz CT molecular complexity index is 1020. The first-order valence-corrected chi connectivity index (χ1v) is 10.7. The second-order valence-electron chi connectivity index (χ2n) is 7.69. The lowest BCUT2D eigenvalue weighted by Gasteiger charge is -2.32. The first-order valence-electron chi connectivity index (χ1n) is 10.3. The molecule has 1 amide bonds. The van der Waals surface area contributed by atoms with Gasteiger partial charge in [-0.05, 0) is 49.1 Å². The van der Waals surface area contributed by atoms with Crippen LogP contribution < -0.4 is 10.2 Å². The number of rotatable bonds is 5. The predicted octanol–water partition coefficient (Wildman–Crippen LogP) is 4.64. The van der Waals surface area contributed by atoms with Crippen molar-refractivity contribution < 1.29 is 4.79 Å². The number of halogens is 1. The number of benzene rings is 2. The van der Waals surface area contributed by atoms with Crippen molar-refractivity contribution in [2.75, 3.05) is 18.0 Å². The molecule has 0 bridgehead atoms. The molecule has 1 atom stereocenters. The van der Waals surface area contributed by atoms with Crippen LogP contribution in [-0.4, -0.2) is 29.2 Å². The van der Waals surface area contributed by atoms with Gasteiger partial charge in [0.15, 0.2) is 5.82 Å². The largest absolute Gasteiger partial charge is 0.354 e. The number of hydrogen-bond acceptors (Lipinski definition) is 4. The minimum absolute atomic E-state index is 0.0594. The summed E-state index contributed by atoms with van der Waals surface area (Å²) >= 11 is 6.19. The predicted molar refractivity (Wildman–Crippen MR) is 120 cm³/mol. The first-order chi connectivity index (χ1) is 14.6. The number of nitrogens with one attached hydrogen (secondary N) is 1. The van der Waals surface area contributed by atoms with E-state index >= 15 is 0 Å². The Labute approximate surface area is 182 Å². The van der Waals surface area contributed by atoms with E-state index in [9.17, 15) is 4.79 Å². The van der Waals surface area contributed by atoms with Gasteiger partial charge in [-0.25, -0.2) is 0 Å². The molecule has 1 aliphatic rings. The van der Waals surface area contributed by atoms with E-state index in [4.69, 9.17) is 11.6 Å². The molecule has 2 heterocycles. The second kappa shape index (κ2) is 9.26. The molecule has 1 aromatic heterocycles. The maximum atomic E-state index is 12.7. The van der Waals surface area contributed by atoms with Gasteiger partial charge in [-0.3, -0.25) is 4.79 Å². The van der Waals surface area contributed by atoms with Gasteiger partial charge >= 0.3 is 0 Å². The Morgan fingerprint density at radius 3 is 2.67 bits per heavy atom. The van der Waals surface area contributed by atoms with E-state index in [0.717, 1.165) is 42.0 Å². The van der Waals surface area contributed by atoms with Gasteiger partial charge in [0.25, 0.3) is 0 Å². The third-order valence-electron chi connectivity index (χ3n) is 5.60. The number of hydrogen-bond donors (Lipinski definition) is 1. The van der Waals surface area contributed by atoms with E-state index in [1.165, 1.54) is 5.56 Å². The first kappa shape index (κ1) is 20.4. The highest BCUT2D eigenvalue weighted by molar-refractivity contribution is 6.31. The van der Waals surface area contributed by atoms with Crippen molar-refractivity contribution in [3.63, 3.8) is 0 Å². The molecule has 4 rings (SSSR count). The summed E-state index contributed by atoms with van der Waals surface area (Å²) in [5.74, 6) is 0.805. The van der Waals surface area contributed by atoms with Crippen molar-refractivity contribution in [1.82, 2.24) is 15.5 Å². The average molecular weight is 421 g/mol. The molecule has 3 aromatic rings. The number of anilines is 1. The van der Waals surface area contributed by atoms with E-state index in [0.29, 0.717) is 18.1 Å². The minimum atomic E-state index is -0.0703. The standard InChI is InChI=1S/C24H25ClN4O/c1-17-7-2-4-10-20(17)22-12-13-23(28-27-22)29-14-6-9-19(16-29)24(30)26-15-18-8-3-5-11-21(18)25/h2-5,7-8,10-13,19H,6,9,14-16H2,1H3,(H,26,30)/t19-/m1/s1. The summed E-state index contributed by atoms with van der Waals surface area (Å²) in [5, 5.41) is 12.6. The van der Waals surface area contributed by atoms with E-state index in [2.05, 4.69) is 39.5 Å². The lowest BCUT2D eigenvalue weighted by atomic mass is 9.97. The van der Waals surface area contributed by atoms with Gasteiger partial charge < -0.3 is 10.2 Å². The van der Waals surface area contributed by atoms with Gasteiger partial charge in [-0.15, -0.1) is 10.2 Å². The Morgan fingerprint density at radius 2 is 1.90 bits per heavy atom. The smallest absolute Gasteiger partial charge is 0.225 e. The summed E-state index contributed by atoms with van der Waals surface area (Å²) < 4.78 is 0. The van der Waals surface area contributed by atoms with Crippen LogP contribution >= 0.6 is 11.6 Å². The molecule has 0 unspecified atom stereocenters. The van der Waals surface area contributed by atoms with Gasteiger partial charge in [0.05, 0.1) is 11.6 Å². The zero-order valence-corrected chi connectivity index (χ0v) is 17.8. The number of aryl methyl sites for hydroxylation is 1. The van der Waals surface area contributed by atoms with Crippen molar-refractivity contribution >= 4 is 23.3 Å². The fourth-order valence-electron chi connectivity index (χ4n) is 3.87. The van der Waals surface area contributed by atoms with Gasteiger partial charge in [-0.1, -0.05) is 54.1 Å². The van der Waals surface area contributed by atoms with Crippen LogP contribution in [-0.2, 0) is 11.3 Å². The fourth-order valence-corrected chi connectivity index (χ4v) is 4.07. The number of piperidine rings is 1. The molecule has 1 saturated heterocycles. The molecule has 0 radical (unpaired) electrons. The van der Waals surface area contributed by atoms with Crippen molar-refractivity contribution in [2.24, 2.45) is 5.92 Å². The third kappa shape index (κ3) is 4.62. The van der Waals surface area contributed by atoms with Crippen LogP contribution in [0.4, 0.5) is 5.82 Å². The van der Waals surface area contributed by atoms with E-state index in [1.807, 2.05) is 48.5 Å². The number of amides is 1. The topological polar surface area (TPSA) is 58.1 Å². The summed E-state index contributed by atoms with van der Waals surface area (Å²) in [5.41, 5.74) is 4.06. The van der Waals surface area contributed by atoms with Crippen LogP contribution in [0.3, 0.4) is 0 Å². The van der Waals surface area contributed by atoms with E-state index in [1.54, 1.807) is 0 Å². The van der Waals surface area contributed by atoms with Crippen molar-refractivity contribution in [3.05, 3.63) is 76.8 Å². The molecular formula is C24H25ClN4O. The number of aromatic nitrogens is 2. The molecular weight excluding hydrogens is 396 g/mol. The monoisotopic (exact) mass is 420 g/mol. The van der Waals surface area contributed by atoms with Crippen LogP contribution in [0.25, 0.3) is 11.3 Å². The Morgan fingerprint density at radius 1 is 1.10 bits per heavy atom. The minimum Gasteiger partial charge on any atom is -0.354 e. The highest BCUT2D eigenvalue weighted by Crippen LogP contribution is 2.25. The lowest BCUT2D eigenvalue weighted by Crippen LogP contribution is -2.43. The Balaban J connectivity index is 1.39. The molecule has 0 spiro atoms. The Hall–Kier alpha value is -2.92. The van der Waals surface area contributed by atoms with Crippen LogP contribution in [0, 0.1) is 12.8 Å². The van der Waals surface area contributed by atoms with Gasteiger partial charge in [0, 0.05) is 30.2 Å². The molecule has 1 fully saturated rings. The molecule has 2 aromatic carbocycles. The summed E-state index contributed by atoms with van der Waals surface area (Å²) in [6.07, 6.45) is 1.82. The Kier molecular flexibility index (Phi) is 6.29. The quantitative estimate of drug-likeness (QED) is 0.653. The van der Waals surface area contributed by atoms with Crippen molar-refractivity contribution in [3.8, 4) is 11.3 Å². The molecule has 154 valence electrons. The third-order valence-corrected chi connectivity index (χ3v) is 5.97. The maximum Gasteiger partial charge on any atom is 0.225 e. The normalized spacial score (nSPS) is 16.3. The number of nitrogens with zero attached hydrogens (tertiary/aromatic N) is 3. The molecule has 5 nitrogen and oxygen atoms in total. The van der Waals surface area contributed by atoms with E-state index < -0.39 is 0 Å². The molecule has 0 saturated carbocycles. The number of carbonyl (C=O) groups excluding carboxylic acids is 1. The highest BCUT2D eigenvalue weighted by Gasteiger charge is 2.26. The second-order valence-corrected chi connectivity index (χ2v) is 8.09. The number of carbonyl (C=O) groups is 1. The van der Waals surface area contributed by atoms with E-state index in [-0.39, 0.29) is 11.8 Å². The van der Waals surface area contributed by atoms with Crippen LogP contribution in [0.2, 0.25) is 5.02 Å². The molecule has 1 aliphatic heterocycles. The highest BCUT2D eigenvalue weighted by atomic mass is 35.5. The van der Waals surface area contributed by atoms with Gasteiger partial charge in [0.2, 0.25) is 5.91 Å². The molecule has 1 N–H and O–H groups in total. The molecule has 30 heavy (non-hydrogen) atoms. The summed E-state index contributed by atoms with van der Waals surface area (Å²) in [4.78, 5) is 14.9. The lowest BCUT2D eigenvalue weighted by molar-refractivity contribution is -0.125. The summed E-state index contributed by atoms with van der Waals surface area (Å²) in [6, 6.07) is 19.7. The molecule has 0 aliphatic carbocycles. The van der Waals surface area contributed by atoms with Crippen LogP contribution in [0.5, 0.6) is 0 Å². The summed E-state index contributed by atoms with van der Waals surface area (Å²) in [6.45, 7) is 4.04. The zero-order valence-electron chi connectivity index (χ0n) is 17.0. The van der Waals surface area contributed by atoms with Crippen LogP contribution in [0.1, 0.15) is 24.0 Å². The van der Waals surface area contributed by atoms with Gasteiger partial charge in [-0.2, -0.15) is 0 Å². The van der Waals surface area contributed by atoms with Crippen LogP contribution in [0.15, 0.2) is 60.7 Å².